The monoisotopic (exact) mass is 280 g/mol. The fourth-order valence-corrected chi connectivity index (χ4v) is 4.30. The van der Waals surface area contributed by atoms with E-state index in [9.17, 15) is 5.11 Å². The molecule has 2 heteroatoms. The largest absolute Gasteiger partial charge is 0.392 e. The summed E-state index contributed by atoms with van der Waals surface area (Å²) < 4.78 is 0. The molecule has 2 rings (SSSR count). The van der Waals surface area contributed by atoms with Crippen molar-refractivity contribution < 1.29 is 5.11 Å². The van der Waals surface area contributed by atoms with Gasteiger partial charge in [0.1, 0.15) is 0 Å². The molecule has 1 aromatic heterocycles. The average molecular weight is 280 g/mol. The molecule has 0 bridgehead atoms. The Morgan fingerprint density at radius 1 is 1.11 bits per heavy atom. The first kappa shape index (κ1) is 15.1. The number of aliphatic hydroxyl groups excluding tert-OH is 1. The van der Waals surface area contributed by atoms with Gasteiger partial charge in [0, 0.05) is 16.2 Å². The molecule has 1 unspecified atom stereocenters. The van der Waals surface area contributed by atoms with Gasteiger partial charge in [0.25, 0.3) is 0 Å². The highest BCUT2D eigenvalue weighted by Crippen LogP contribution is 2.35. The zero-order valence-electron chi connectivity index (χ0n) is 12.6. The van der Waals surface area contributed by atoms with Crippen molar-refractivity contribution in [1.82, 2.24) is 0 Å². The SMILES string of the molecule is CCc1ccc(CC(O)C2CCC(C(C)C)CC2)s1. The Kier molecular flexibility index (Phi) is 5.47. The molecule has 1 heterocycles. The van der Waals surface area contributed by atoms with Gasteiger partial charge in [-0.15, -0.1) is 11.3 Å². The van der Waals surface area contributed by atoms with Gasteiger partial charge in [0.05, 0.1) is 6.10 Å². The van der Waals surface area contributed by atoms with Gasteiger partial charge in [-0.05, 0) is 62.0 Å². The van der Waals surface area contributed by atoms with Crippen LogP contribution in [0.3, 0.4) is 0 Å². The van der Waals surface area contributed by atoms with E-state index in [2.05, 4.69) is 32.9 Å². The van der Waals surface area contributed by atoms with Gasteiger partial charge in [0.15, 0.2) is 0 Å². The Morgan fingerprint density at radius 2 is 1.68 bits per heavy atom. The highest BCUT2D eigenvalue weighted by Gasteiger charge is 2.27. The minimum absolute atomic E-state index is 0.128. The molecule has 108 valence electrons. The lowest BCUT2D eigenvalue weighted by atomic mass is 9.75. The number of aliphatic hydroxyl groups is 1. The molecule has 0 spiro atoms. The summed E-state index contributed by atoms with van der Waals surface area (Å²) in [5.74, 6) is 2.22. The van der Waals surface area contributed by atoms with Crippen LogP contribution in [-0.4, -0.2) is 11.2 Å². The van der Waals surface area contributed by atoms with Crippen LogP contribution in [0.25, 0.3) is 0 Å². The standard InChI is InChI=1S/C17H28OS/c1-4-15-9-10-16(19-15)11-17(18)14-7-5-13(6-8-14)12(2)3/h9-10,12-14,17-18H,4-8,11H2,1-3H3. The van der Waals surface area contributed by atoms with Gasteiger partial charge in [-0.3, -0.25) is 0 Å². The minimum atomic E-state index is -0.128. The molecular formula is C17H28OS. The Bertz CT molecular complexity index is 374. The van der Waals surface area contributed by atoms with Crippen LogP contribution in [0.2, 0.25) is 0 Å². The van der Waals surface area contributed by atoms with Crippen LogP contribution in [0.5, 0.6) is 0 Å². The lowest BCUT2D eigenvalue weighted by Gasteiger charge is -2.33. The summed E-state index contributed by atoms with van der Waals surface area (Å²) in [7, 11) is 0. The first-order chi connectivity index (χ1) is 9.10. The van der Waals surface area contributed by atoms with Gasteiger partial charge < -0.3 is 5.11 Å². The van der Waals surface area contributed by atoms with Crippen LogP contribution >= 0.6 is 11.3 Å². The maximum atomic E-state index is 10.4. The molecule has 0 aliphatic heterocycles. The summed E-state index contributed by atoms with van der Waals surface area (Å²) in [6, 6.07) is 4.41. The molecular weight excluding hydrogens is 252 g/mol. The van der Waals surface area contributed by atoms with Crippen molar-refractivity contribution in [1.29, 1.82) is 0 Å². The predicted octanol–water partition coefficient (Wildman–Crippen LogP) is 4.68. The Labute approximate surface area is 122 Å². The first-order valence-corrected chi connectivity index (χ1v) is 8.67. The predicted molar refractivity (Wildman–Crippen MR) is 83.7 cm³/mol. The number of hydrogen-bond donors (Lipinski definition) is 1. The van der Waals surface area contributed by atoms with E-state index in [1.54, 1.807) is 0 Å². The van der Waals surface area contributed by atoms with Gasteiger partial charge in [-0.1, -0.05) is 20.8 Å². The summed E-state index contributed by atoms with van der Waals surface area (Å²) in [4.78, 5) is 2.79. The summed E-state index contributed by atoms with van der Waals surface area (Å²) in [6.45, 7) is 6.86. The summed E-state index contributed by atoms with van der Waals surface area (Å²) in [6.07, 6.45) is 6.90. The Balaban J connectivity index is 1.82. The van der Waals surface area contributed by atoms with Crippen LogP contribution in [-0.2, 0) is 12.8 Å². The second-order valence-electron chi connectivity index (χ2n) is 6.41. The smallest absolute Gasteiger partial charge is 0.0616 e. The third-order valence-electron chi connectivity index (χ3n) is 4.78. The second kappa shape index (κ2) is 6.90. The molecule has 1 aliphatic rings. The fourth-order valence-electron chi connectivity index (χ4n) is 3.29. The molecule has 1 atom stereocenters. The highest BCUT2D eigenvalue weighted by atomic mass is 32.1. The Morgan fingerprint density at radius 3 is 2.21 bits per heavy atom. The number of rotatable bonds is 5. The van der Waals surface area contributed by atoms with Gasteiger partial charge >= 0.3 is 0 Å². The zero-order valence-corrected chi connectivity index (χ0v) is 13.4. The number of hydrogen-bond acceptors (Lipinski definition) is 2. The molecule has 0 aromatic carbocycles. The molecule has 1 N–H and O–H groups in total. The van der Waals surface area contributed by atoms with Crippen molar-refractivity contribution in [2.45, 2.75) is 65.4 Å². The van der Waals surface area contributed by atoms with E-state index in [0.29, 0.717) is 5.92 Å². The molecule has 1 aromatic rings. The number of thiophene rings is 1. The normalized spacial score (nSPS) is 25.7. The fraction of sp³-hybridized carbons (Fsp3) is 0.765. The van der Waals surface area contributed by atoms with Crippen LogP contribution < -0.4 is 0 Å². The van der Waals surface area contributed by atoms with E-state index < -0.39 is 0 Å². The topological polar surface area (TPSA) is 20.2 Å². The molecule has 19 heavy (non-hydrogen) atoms. The van der Waals surface area contributed by atoms with E-state index in [1.807, 2.05) is 11.3 Å². The minimum Gasteiger partial charge on any atom is -0.392 e. The number of aryl methyl sites for hydroxylation is 1. The van der Waals surface area contributed by atoms with E-state index >= 15 is 0 Å². The molecule has 1 aliphatic carbocycles. The molecule has 0 amide bonds. The van der Waals surface area contributed by atoms with Crippen LogP contribution in [0.15, 0.2) is 12.1 Å². The molecule has 0 saturated heterocycles. The second-order valence-corrected chi connectivity index (χ2v) is 7.66. The molecule has 1 fully saturated rings. The van der Waals surface area contributed by atoms with Crippen molar-refractivity contribution in [3.63, 3.8) is 0 Å². The average Bonchev–Trinajstić information content (AvgIpc) is 2.86. The maximum absolute atomic E-state index is 10.4. The van der Waals surface area contributed by atoms with Gasteiger partial charge in [-0.2, -0.15) is 0 Å². The summed E-state index contributed by atoms with van der Waals surface area (Å²) in [5, 5.41) is 10.4. The lowest BCUT2D eigenvalue weighted by Crippen LogP contribution is -2.28. The molecule has 1 nitrogen and oxygen atoms in total. The van der Waals surface area contributed by atoms with Crippen molar-refractivity contribution in [3.8, 4) is 0 Å². The van der Waals surface area contributed by atoms with Gasteiger partial charge in [0.2, 0.25) is 0 Å². The van der Waals surface area contributed by atoms with Gasteiger partial charge in [-0.25, -0.2) is 0 Å². The highest BCUT2D eigenvalue weighted by molar-refractivity contribution is 7.11. The van der Waals surface area contributed by atoms with E-state index in [-0.39, 0.29) is 6.10 Å². The van der Waals surface area contributed by atoms with E-state index in [0.717, 1.165) is 24.7 Å². The van der Waals surface area contributed by atoms with E-state index in [4.69, 9.17) is 0 Å². The van der Waals surface area contributed by atoms with Crippen LogP contribution in [0, 0.1) is 17.8 Å². The lowest BCUT2D eigenvalue weighted by molar-refractivity contribution is 0.0681. The van der Waals surface area contributed by atoms with Crippen LogP contribution in [0.1, 0.15) is 56.2 Å². The van der Waals surface area contributed by atoms with Crippen molar-refractivity contribution >= 4 is 11.3 Å². The van der Waals surface area contributed by atoms with Crippen molar-refractivity contribution in [2.75, 3.05) is 0 Å². The van der Waals surface area contributed by atoms with Crippen molar-refractivity contribution in [2.24, 2.45) is 17.8 Å². The van der Waals surface area contributed by atoms with Crippen LogP contribution in [0.4, 0.5) is 0 Å². The third-order valence-corrected chi connectivity index (χ3v) is 6.03. The maximum Gasteiger partial charge on any atom is 0.0616 e. The summed E-state index contributed by atoms with van der Waals surface area (Å²) >= 11 is 1.87. The third kappa shape index (κ3) is 4.06. The first-order valence-electron chi connectivity index (χ1n) is 7.85. The summed E-state index contributed by atoms with van der Waals surface area (Å²) in [5.41, 5.74) is 0. The molecule has 1 saturated carbocycles. The van der Waals surface area contributed by atoms with Crippen molar-refractivity contribution in [3.05, 3.63) is 21.9 Å². The van der Waals surface area contributed by atoms with E-state index in [1.165, 1.54) is 35.4 Å². The zero-order chi connectivity index (χ0) is 13.8. The quantitative estimate of drug-likeness (QED) is 0.830. The molecule has 0 radical (unpaired) electrons. The Hall–Kier alpha value is -0.340.